The van der Waals surface area contributed by atoms with Gasteiger partial charge >= 0.3 is 6.18 Å². The third-order valence-corrected chi connectivity index (χ3v) is 14.8. The van der Waals surface area contributed by atoms with Crippen LogP contribution in [0.5, 0.6) is 5.75 Å². The van der Waals surface area contributed by atoms with Crippen LogP contribution in [-0.2, 0) is 38.8 Å². The maximum absolute atomic E-state index is 15.3. The minimum absolute atomic E-state index is 0.00574. The van der Waals surface area contributed by atoms with E-state index in [-0.39, 0.29) is 29.4 Å². The van der Waals surface area contributed by atoms with Gasteiger partial charge in [0, 0.05) is 41.4 Å². The molecule has 2 aliphatic heterocycles. The molecule has 2 aliphatic carbocycles. The number of benzene rings is 2. The number of para-hydroxylation sites is 1. The Balaban J connectivity index is 1.14. The third kappa shape index (κ3) is 5.98. The van der Waals surface area contributed by atoms with E-state index >= 15 is 9.59 Å². The lowest BCUT2D eigenvalue weighted by Crippen LogP contribution is -2.49. The molecule has 1 N–H and O–H groups in total. The number of allylic oxidation sites excluding steroid dienone is 3. The summed E-state index contributed by atoms with van der Waals surface area (Å²) >= 11 is 14.1. The number of aromatic hydroxyl groups is 1. The smallest absolute Gasteiger partial charge is 0.433 e. The fraction of sp³-hybridized carbons (Fsp3) is 0.318. The van der Waals surface area contributed by atoms with Crippen molar-refractivity contribution in [2.24, 2.45) is 36.1 Å². The highest BCUT2D eigenvalue weighted by Gasteiger charge is 2.68. The number of hydrogen-bond acceptors (Lipinski definition) is 9. The molecule has 1 saturated carbocycles. The molecule has 4 amide bonds. The number of carbonyl (C=O) groups is 4. The predicted octanol–water partition coefficient (Wildman–Crippen LogP) is 9.05. The summed E-state index contributed by atoms with van der Waals surface area (Å²) in [5, 5.41) is 19.7. The number of phenols is 1. The van der Waals surface area contributed by atoms with Crippen molar-refractivity contribution in [3.63, 3.8) is 0 Å². The van der Waals surface area contributed by atoms with Gasteiger partial charge in [0.15, 0.2) is 5.82 Å². The van der Waals surface area contributed by atoms with Gasteiger partial charge in [0.2, 0.25) is 11.8 Å². The number of phenolic OH excluding ortho intramolecular Hbond substituents is 1. The van der Waals surface area contributed by atoms with Crippen molar-refractivity contribution in [3.05, 3.63) is 111 Å². The van der Waals surface area contributed by atoms with E-state index < -0.39 is 76.3 Å². The molecule has 3 fully saturated rings. The molecule has 6 atom stereocenters. The van der Waals surface area contributed by atoms with Crippen LogP contribution in [0.4, 0.5) is 24.8 Å². The van der Waals surface area contributed by atoms with E-state index in [0.717, 1.165) is 41.5 Å². The number of fused-ring (bicyclic) bond motifs is 5. The van der Waals surface area contributed by atoms with Crippen LogP contribution >= 0.6 is 34.5 Å². The minimum Gasteiger partial charge on any atom is -0.507 e. The lowest BCUT2D eigenvalue weighted by Gasteiger charge is -2.49. The van der Waals surface area contributed by atoms with Gasteiger partial charge < -0.3 is 5.11 Å². The number of halogens is 5. The standard InChI is InChI=1S/C44H37Cl2F3N6O5S/c1-6-8-21-9-7-10-25(36(21)56)35-23-12-13-24-34(41(59)55(39(24)57)53(5)38-29(46)14-16-32(50-38)44(47,48)49)27(23)18-28-40(58)54(42(60)43(28,35)3)33-19-30(51-52(33)4)37-20(2)26-17-22(45)11-15-31(26)61-37/h6-7,9-12,14-17,19,24,27-28,34-35,56H,1,8,13,18H2,2-5H3/t24-,27+,28-,34-,35+,43+/m0/s1. The number of anilines is 2. The van der Waals surface area contributed by atoms with E-state index in [4.69, 9.17) is 28.3 Å². The number of alkyl halides is 3. The zero-order valence-corrected chi connectivity index (χ0v) is 35.5. The maximum atomic E-state index is 15.3. The Morgan fingerprint density at radius 2 is 1.80 bits per heavy atom. The molecule has 0 bridgehead atoms. The van der Waals surface area contributed by atoms with Gasteiger partial charge in [0.1, 0.15) is 23.0 Å². The molecule has 4 aliphatic rings. The summed E-state index contributed by atoms with van der Waals surface area (Å²) in [6, 6.07) is 14.2. The van der Waals surface area contributed by atoms with Crippen molar-refractivity contribution in [2.45, 2.75) is 45.2 Å². The summed E-state index contributed by atoms with van der Waals surface area (Å²) in [6.07, 6.45) is -1.02. The van der Waals surface area contributed by atoms with Crippen LogP contribution in [-0.4, -0.2) is 55.6 Å². The fourth-order valence-electron chi connectivity index (χ4n) is 10.1. The Morgan fingerprint density at radius 1 is 1.05 bits per heavy atom. The van der Waals surface area contributed by atoms with Crippen LogP contribution in [0.25, 0.3) is 20.7 Å². The quantitative estimate of drug-likeness (QED) is 0.127. The molecule has 9 rings (SSSR count). The Hall–Kier alpha value is -5.51. The molecule has 2 saturated heterocycles. The second kappa shape index (κ2) is 14.3. The van der Waals surface area contributed by atoms with E-state index in [1.165, 1.54) is 23.1 Å². The minimum atomic E-state index is -4.83. The van der Waals surface area contributed by atoms with E-state index in [1.807, 2.05) is 31.2 Å². The van der Waals surface area contributed by atoms with Crippen LogP contribution in [0.1, 0.15) is 48.1 Å². The SMILES string of the molecule is C=CCc1cccc([C@H]2C3=CC[C@@H]4C(=O)N(N(C)c5nc(C(F)(F)F)ccc5Cl)C(=O)[C@@H]4[C@@H]3C[C@H]3C(=O)N(c4cc(-c5sc6ccc(Cl)cc6c5C)nn4C)C(=O)[C@@]23C)c1O. The summed E-state index contributed by atoms with van der Waals surface area (Å²) < 4.78 is 43.7. The number of hydrazine groups is 1. The van der Waals surface area contributed by atoms with Crippen molar-refractivity contribution in [2.75, 3.05) is 17.0 Å². The lowest BCUT2D eigenvalue weighted by molar-refractivity contribution is -0.141. The summed E-state index contributed by atoms with van der Waals surface area (Å²) in [4.78, 5) is 64.8. The Morgan fingerprint density at radius 3 is 2.52 bits per heavy atom. The van der Waals surface area contributed by atoms with Crippen molar-refractivity contribution in [1.29, 1.82) is 0 Å². The number of imide groups is 2. The number of hydrogen-bond donors (Lipinski definition) is 1. The summed E-state index contributed by atoms with van der Waals surface area (Å²) in [7, 11) is 2.89. The van der Waals surface area contributed by atoms with Crippen LogP contribution in [0.2, 0.25) is 10.0 Å². The van der Waals surface area contributed by atoms with E-state index in [9.17, 15) is 27.9 Å². The van der Waals surface area contributed by atoms with Crippen LogP contribution in [0.15, 0.2) is 78.9 Å². The average molecular weight is 890 g/mol. The summed E-state index contributed by atoms with van der Waals surface area (Å²) in [5.41, 5.74) is 0.273. The molecule has 5 aromatic rings. The van der Waals surface area contributed by atoms with E-state index in [1.54, 1.807) is 44.3 Å². The zero-order valence-electron chi connectivity index (χ0n) is 33.1. The first kappa shape index (κ1) is 40.9. The Bertz CT molecular complexity index is 2800. The molecular weight excluding hydrogens is 852 g/mol. The normalized spacial score (nSPS) is 24.9. The Kier molecular flexibility index (Phi) is 9.57. The number of rotatable bonds is 7. The summed E-state index contributed by atoms with van der Waals surface area (Å²) in [6.45, 7) is 7.49. The zero-order chi connectivity index (χ0) is 43.6. The molecule has 2 aromatic carbocycles. The monoisotopic (exact) mass is 888 g/mol. The van der Waals surface area contributed by atoms with Gasteiger partial charge in [-0.2, -0.15) is 23.3 Å². The molecule has 314 valence electrons. The van der Waals surface area contributed by atoms with Crippen molar-refractivity contribution in [1.82, 2.24) is 19.8 Å². The second-order valence-corrected chi connectivity index (χ2v) is 18.1. The number of aryl methyl sites for hydroxylation is 2. The maximum Gasteiger partial charge on any atom is 0.433 e. The highest BCUT2D eigenvalue weighted by atomic mass is 35.5. The van der Waals surface area contributed by atoms with Gasteiger partial charge in [-0.05, 0) is 85.9 Å². The Labute approximate surface area is 361 Å². The van der Waals surface area contributed by atoms with Crippen LogP contribution in [0.3, 0.4) is 0 Å². The number of nitrogens with zero attached hydrogens (tertiary/aromatic N) is 6. The van der Waals surface area contributed by atoms with Gasteiger partial charge in [-0.15, -0.1) is 17.9 Å². The molecule has 17 heteroatoms. The molecule has 0 spiro atoms. The first-order chi connectivity index (χ1) is 28.9. The highest BCUT2D eigenvalue weighted by molar-refractivity contribution is 7.22. The molecule has 0 unspecified atom stereocenters. The average Bonchev–Trinajstić information content (AvgIpc) is 3.88. The number of thiophene rings is 1. The molecule has 5 heterocycles. The van der Waals surface area contributed by atoms with Gasteiger partial charge in [-0.3, -0.25) is 28.9 Å². The van der Waals surface area contributed by atoms with Crippen molar-refractivity contribution >= 4 is 79.9 Å². The van der Waals surface area contributed by atoms with Crippen LogP contribution < -0.4 is 9.91 Å². The second-order valence-electron chi connectivity index (χ2n) is 16.2. The number of pyridine rings is 1. The molecule has 61 heavy (non-hydrogen) atoms. The molecule has 11 nitrogen and oxygen atoms in total. The van der Waals surface area contributed by atoms with Gasteiger partial charge in [0.05, 0.1) is 33.1 Å². The highest BCUT2D eigenvalue weighted by Crippen LogP contribution is 2.65. The van der Waals surface area contributed by atoms with Gasteiger partial charge in [-0.1, -0.05) is 59.1 Å². The van der Waals surface area contributed by atoms with Crippen LogP contribution in [0, 0.1) is 36.0 Å². The van der Waals surface area contributed by atoms with Crippen molar-refractivity contribution < 1.29 is 37.5 Å². The largest absolute Gasteiger partial charge is 0.507 e. The fourth-order valence-corrected chi connectivity index (χ4v) is 11.7. The number of aromatic nitrogens is 3. The van der Waals surface area contributed by atoms with Gasteiger partial charge in [-0.25, -0.2) is 9.88 Å². The topological polar surface area (TPSA) is 129 Å². The number of amides is 4. The number of carbonyl (C=O) groups excluding carboxylic acids is 4. The van der Waals surface area contributed by atoms with Gasteiger partial charge in [0.25, 0.3) is 11.8 Å². The first-order valence-electron chi connectivity index (χ1n) is 19.5. The lowest BCUT2D eigenvalue weighted by atomic mass is 9.51. The third-order valence-electron chi connectivity index (χ3n) is 13.0. The molecule has 3 aromatic heterocycles. The van der Waals surface area contributed by atoms with E-state index in [2.05, 4.69) is 11.6 Å². The summed E-state index contributed by atoms with van der Waals surface area (Å²) in [5.74, 6) is -7.46. The molecule has 0 radical (unpaired) electrons. The first-order valence-corrected chi connectivity index (χ1v) is 21.0. The van der Waals surface area contributed by atoms with Crippen molar-refractivity contribution in [3.8, 4) is 16.3 Å². The predicted molar refractivity (Wildman–Crippen MR) is 225 cm³/mol. The molecular formula is C44H37Cl2F3N6O5S. The van der Waals surface area contributed by atoms with E-state index in [0.29, 0.717) is 39.9 Å².